The number of fused-ring (bicyclic) bond motifs is 1. The number of hydrogen-bond acceptors (Lipinski definition) is 7. The highest BCUT2D eigenvalue weighted by Gasteiger charge is 2.24. The van der Waals surface area contributed by atoms with Gasteiger partial charge in [0, 0.05) is 12.1 Å². The van der Waals surface area contributed by atoms with Crippen LogP contribution in [0.3, 0.4) is 0 Å². The molecule has 0 saturated carbocycles. The number of ether oxygens (including phenoxy) is 3. The summed E-state index contributed by atoms with van der Waals surface area (Å²) >= 11 is 1.43. The lowest BCUT2D eigenvalue weighted by Crippen LogP contribution is -2.33. The minimum Gasteiger partial charge on any atom is -0.495 e. The van der Waals surface area contributed by atoms with Crippen molar-refractivity contribution in [3.63, 3.8) is 0 Å². The largest absolute Gasteiger partial charge is 0.495 e. The molecule has 0 radical (unpaired) electrons. The third-order valence-electron chi connectivity index (χ3n) is 5.21. The summed E-state index contributed by atoms with van der Waals surface area (Å²) in [5.74, 6) is 1.96. The van der Waals surface area contributed by atoms with Crippen LogP contribution in [0, 0.1) is 0 Å². The lowest BCUT2D eigenvalue weighted by atomic mass is 10.2. The van der Waals surface area contributed by atoms with Crippen molar-refractivity contribution in [2.24, 2.45) is 0 Å². The number of nitrogens with zero attached hydrogens (tertiary/aromatic N) is 3. The first-order valence-corrected chi connectivity index (χ1v) is 12.0. The van der Waals surface area contributed by atoms with Crippen molar-refractivity contribution < 1.29 is 19.0 Å². The quantitative estimate of drug-likeness (QED) is 0.343. The molecule has 0 aliphatic carbocycles. The van der Waals surface area contributed by atoms with Gasteiger partial charge in [0.25, 0.3) is 5.91 Å². The highest BCUT2D eigenvalue weighted by molar-refractivity contribution is 7.22. The van der Waals surface area contributed by atoms with E-state index in [4.69, 9.17) is 19.2 Å². The third kappa shape index (κ3) is 6.15. The SMILES string of the molecule is CCCCOc1cccc(C(=O)N(CCCN(C)C)c2nc3c(OC)ccc(OC)c3s2)c1. The summed E-state index contributed by atoms with van der Waals surface area (Å²) in [7, 11) is 7.29. The molecule has 1 amide bonds. The Balaban J connectivity index is 1.96. The van der Waals surface area contributed by atoms with Crippen LogP contribution < -0.4 is 19.1 Å². The lowest BCUT2D eigenvalue weighted by Gasteiger charge is -2.21. The van der Waals surface area contributed by atoms with Crippen molar-refractivity contribution in [2.45, 2.75) is 26.2 Å². The first kappa shape index (κ1) is 24.8. The second-order valence-electron chi connectivity index (χ2n) is 7.99. The number of benzene rings is 2. The van der Waals surface area contributed by atoms with E-state index < -0.39 is 0 Å². The van der Waals surface area contributed by atoms with E-state index in [0.717, 1.165) is 30.5 Å². The molecular weight excluding hydrogens is 438 g/mol. The van der Waals surface area contributed by atoms with Gasteiger partial charge in [-0.05, 0) is 63.8 Å². The average molecular weight is 472 g/mol. The molecule has 178 valence electrons. The molecule has 0 bridgehead atoms. The number of methoxy groups -OCH3 is 2. The van der Waals surface area contributed by atoms with Gasteiger partial charge >= 0.3 is 0 Å². The molecule has 0 saturated heterocycles. The summed E-state index contributed by atoms with van der Waals surface area (Å²) in [6.45, 7) is 4.17. The molecule has 33 heavy (non-hydrogen) atoms. The van der Waals surface area contributed by atoms with E-state index in [-0.39, 0.29) is 5.91 Å². The highest BCUT2D eigenvalue weighted by atomic mass is 32.1. The van der Waals surface area contributed by atoms with Gasteiger partial charge in [-0.25, -0.2) is 4.98 Å². The predicted octanol–water partition coefficient (Wildman–Crippen LogP) is 5.09. The van der Waals surface area contributed by atoms with E-state index in [9.17, 15) is 4.79 Å². The van der Waals surface area contributed by atoms with E-state index in [1.54, 1.807) is 19.1 Å². The monoisotopic (exact) mass is 471 g/mol. The Kier molecular flexibility index (Phi) is 8.91. The van der Waals surface area contributed by atoms with Crippen LogP contribution >= 0.6 is 11.3 Å². The molecule has 2 aromatic carbocycles. The van der Waals surface area contributed by atoms with Crippen molar-refractivity contribution in [1.82, 2.24) is 9.88 Å². The summed E-state index contributed by atoms with van der Waals surface area (Å²) in [5, 5.41) is 0.619. The maximum absolute atomic E-state index is 13.6. The van der Waals surface area contributed by atoms with Crippen LogP contribution in [-0.2, 0) is 0 Å². The number of amides is 1. The third-order valence-corrected chi connectivity index (χ3v) is 6.30. The summed E-state index contributed by atoms with van der Waals surface area (Å²) in [6, 6.07) is 11.1. The molecule has 0 spiro atoms. The van der Waals surface area contributed by atoms with Crippen LogP contribution in [0.1, 0.15) is 36.5 Å². The van der Waals surface area contributed by atoms with E-state index >= 15 is 0 Å². The second-order valence-corrected chi connectivity index (χ2v) is 8.97. The smallest absolute Gasteiger partial charge is 0.260 e. The number of carbonyl (C=O) groups excluding carboxylic acids is 1. The number of unbranched alkanes of at least 4 members (excludes halogenated alkanes) is 1. The molecule has 8 heteroatoms. The normalized spacial score (nSPS) is 11.1. The molecule has 1 heterocycles. The second kappa shape index (κ2) is 11.9. The molecule has 1 aromatic heterocycles. The van der Waals surface area contributed by atoms with Gasteiger partial charge in [-0.15, -0.1) is 0 Å². The van der Waals surface area contributed by atoms with E-state index in [1.165, 1.54) is 11.3 Å². The molecule has 7 nitrogen and oxygen atoms in total. The fraction of sp³-hybridized carbons (Fsp3) is 0.440. The van der Waals surface area contributed by atoms with Crippen LogP contribution in [0.5, 0.6) is 17.2 Å². The maximum atomic E-state index is 13.6. The molecule has 0 atom stereocenters. The molecule has 0 N–H and O–H groups in total. The molecule has 3 aromatic rings. The van der Waals surface area contributed by atoms with Crippen molar-refractivity contribution in [3.8, 4) is 17.2 Å². The van der Waals surface area contributed by atoms with Crippen molar-refractivity contribution in [1.29, 1.82) is 0 Å². The highest BCUT2D eigenvalue weighted by Crippen LogP contribution is 2.40. The Bertz CT molecular complexity index is 1030. The predicted molar refractivity (Wildman–Crippen MR) is 134 cm³/mol. The Morgan fingerprint density at radius 3 is 2.48 bits per heavy atom. The van der Waals surface area contributed by atoms with Crippen molar-refractivity contribution >= 4 is 32.6 Å². The fourth-order valence-corrected chi connectivity index (χ4v) is 4.53. The Hall–Kier alpha value is -2.84. The Labute approximate surface area is 199 Å². The van der Waals surface area contributed by atoms with Gasteiger partial charge in [-0.2, -0.15) is 0 Å². The average Bonchev–Trinajstić information content (AvgIpc) is 3.26. The number of aromatic nitrogens is 1. The van der Waals surface area contributed by atoms with E-state index in [0.29, 0.717) is 46.6 Å². The Morgan fingerprint density at radius 1 is 1.03 bits per heavy atom. The first-order chi connectivity index (χ1) is 16.0. The van der Waals surface area contributed by atoms with Gasteiger partial charge in [-0.3, -0.25) is 9.69 Å². The minimum absolute atomic E-state index is 0.105. The molecule has 0 aliphatic rings. The van der Waals surface area contributed by atoms with Gasteiger partial charge in [0.15, 0.2) is 5.13 Å². The standard InChI is InChI=1S/C25H33N3O4S/c1-6-7-16-32-19-11-8-10-18(17-19)24(29)28(15-9-14-27(2)3)25-26-22-20(30-4)12-13-21(31-5)23(22)33-25/h8,10-13,17H,6-7,9,14-16H2,1-5H3. The molecule has 0 fully saturated rings. The van der Waals surface area contributed by atoms with Gasteiger partial charge in [0.1, 0.15) is 27.5 Å². The van der Waals surface area contributed by atoms with Gasteiger partial charge in [0.05, 0.1) is 20.8 Å². The van der Waals surface area contributed by atoms with Crippen LogP contribution in [0.25, 0.3) is 10.2 Å². The number of hydrogen-bond donors (Lipinski definition) is 0. The van der Waals surface area contributed by atoms with Crippen LogP contribution in [-0.4, -0.2) is 63.8 Å². The van der Waals surface area contributed by atoms with Gasteiger partial charge in [-0.1, -0.05) is 30.7 Å². The van der Waals surface area contributed by atoms with Crippen LogP contribution in [0.4, 0.5) is 5.13 Å². The topological polar surface area (TPSA) is 64.1 Å². The minimum atomic E-state index is -0.105. The summed E-state index contributed by atoms with van der Waals surface area (Å²) in [5.41, 5.74) is 1.27. The summed E-state index contributed by atoms with van der Waals surface area (Å²) < 4.78 is 17.7. The summed E-state index contributed by atoms with van der Waals surface area (Å²) in [4.78, 5) is 22.3. The van der Waals surface area contributed by atoms with Crippen LogP contribution in [0.2, 0.25) is 0 Å². The first-order valence-electron chi connectivity index (χ1n) is 11.2. The number of thiazole rings is 1. The molecular formula is C25H33N3O4S. The zero-order valence-corrected chi connectivity index (χ0v) is 20.9. The zero-order valence-electron chi connectivity index (χ0n) is 20.1. The zero-order chi connectivity index (χ0) is 23.8. The maximum Gasteiger partial charge on any atom is 0.260 e. The lowest BCUT2D eigenvalue weighted by molar-refractivity contribution is 0.0985. The number of rotatable bonds is 12. The van der Waals surface area contributed by atoms with E-state index in [2.05, 4.69) is 11.8 Å². The fourth-order valence-electron chi connectivity index (χ4n) is 3.43. The summed E-state index contributed by atoms with van der Waals surface area (Å²) in [6.07, 6.45) is 2.85. The molecule has 3 rings (SSSR count). The number of carbonyl (C=O) groups is 1. The Morgan fingerprint density at radius 2 is 1.79 bits per heavy atom. The number of anilines is 1. The van der Waals surface area contributed by atoms with Crippen molar-refractivity contribution in [3.05, 3.63) is 42.0 Å². The molecule has 0 aliphatic heterocycles. The van der Waals surface area contributed by atoms with Crippen LogP contribution in [0.15, 0.2) is 36.4 Å². The van der Waals surface area contributed by atoms with Gasteiger partial charge < -0.3 is 19.1 Å². The molecule has 0 unspecified atom stereocenters. The van der Waals surface area contributed by atoms with Gasteiger partial charge in [0.2, 0.25) is 0 Å². The van der Waals surface area contributed by atoms with Crippen molar-refractivity contribution in [2.75, 3.05) is 52.9 Å². The van der Waals surface area contributed by atoms with E-state index in [1.807, 2.05) is 50.5 Å².